The number of hydrogen-bond donors (Lipinski definition) is 0. The van der Waals surface area contributed by atoms with Crippen LogP contribution in [0.25, 0.3) is 0 Å². The van der Waals surface area contributed by atoms with Crippen LogP contribution in [0.4, 0.5) is 0 Å². The minimum atomic E-state index is -1.21. The second-order valence-corrected chi connectivity index (χ2v) is 15.1. The van der Waals surface area contributed by atoms with Crippen LogP contribution in [-0.4, -0.2) is 50.3 Å². The van der Waals surface area contributed by atoms with Gasteiger partial charge in [-0.15, -0.1) is 11.8 Å². The van der Waals surface area contributed by atoms with Crippen molar-refractivity contribution < 1.29 is 28.7 Å². The van der Waals surface area contributed by atoms with Crippen LogP contribution in [0, 0.1) is 11.3 Å². The zero-order chi connectivity index (χ0) is 32.1. The number of ketones is 1. The van der Waals surface area contributed by atoms with Gasteiger partial charge in [0.25, 0.3) is 0 Å². The third kappa shape index (κ3) is 5.29. The zero-order valence-electron chi connectivity index (χ0n) is 26.1. The van der Waals surface area contributed by atoms with Crippen molar-refractivity contribution in [1.82, 2.24) is 4.90 Å². The second kappa shape index (κ2) is 11.3. The summed E-state index contributed by atoms with van der Waals surface area (Å²) in [5.41, 5.74) is 0.254. The maximum atomic E-state index is 14.5. The van der Waals surface area contributed by atoms with Crippen LogP contribution in [0.15, 0.2) is 103 Å². The smallest absolute Gasteiger partial charge is 0.334 e. The lowest BCUT2D eigenvalue weighted by atomic mass is 9.64. The summed E-state index contributed by atoms with van der Waals surface area (Å²) in [4.78, 5) is 57.8. The fourth-order valence-corrected chi connectivity index (χ4v) is 8.62. The summed E-state index contributed by atoms with van der Waals surface area (Å²) in [5.74, 6) is -2.79. The first-order chi connectivity index (χ1) is 21.3. The Kier molecular flexibility index (Phi) is 7.76. The van der Waals surface area contributed by atoms with Crippen molar-refractivity contribution in [1.29, 1.82) is 0 Å². The predicted octanol–water partition coefficient (Wildman–Crippen LogP) is 6.54. The molecule has 8 heteroatoms. The maximum Gasteiger partial charge on any atom is 0.334 e. The molecule has 2 saturated heterocycles. The molecule has 0 radical (unpaired) electrons. The lowest BCUT2D eigenvalue weighted by Crippen LogP contribution is -2.71. The van der Waals surface area contributed by atoms with Crippen molar-refractivity contribution in [3.05, 3.63) is 119 Å². The average molecular weight is 624 g/mol. The van der Waals surface area contributed by atoms with Crippen molar-refractivity contribution in [3.63, 3.8) is 0 Å². The molecule has 45 heavy (non-hydrogen) atoms. The molecule has 2 heterocycles. The molecule has 3 aromatic carbocycles. The van der Waals surface area contributed by atoms with E-state index in [1.54, 1.807) is 56.0 Å². The van der Waals surface area contributed by atoms with Gasteiger partial charge in [-0.3, -0.25) is 9.59 Å². The summed E-state index contributed by atoms with van der Waals surface area (Å²) >= 11 is 1.48. The number of allylic oxidation sites excluding steroid dienone is 1. The first-order valence-corrected chi connectivity index (χ1v) is 16.1. The summed E-state index contributed by atoms with van der Waals surface area (Å²) in [6, 6.07) is 26.9. The third-order valence-electron chi connectivity index (χ3n) is 8.78. The van der Waals surface area contributed by atoms with E-state index in [-0.39, 0.29) is 23.7 Å². The molecule has 232 valence electrons. The Balaban J connectivity index is 1.34. The van der Waals surface area contributed by atoms with Crippen LogP contribution in [0.5, 0.6) is 0 Å². The highest BCUT2D eigenvalue weighted by molar-refractivity contribution is 8.01. The van der Waals surface area contributed by atoms with Crippen LogP contribution >= 0.6 is 11.8 Å². The monoisotopic (exact) mass is 623 g/mol. The molecule has 1 amide bonds. The molecule has 0 saturated carbocycles. The van der Waals surface area contributed by atoms with Gasteiger partial charge in [-0.05, 0) is 52.2 Å². The molecule has 2 aliphatic heterocycles. The van der Waals surface area contributed by atoms with Crippen LogP contribution in [-0.2, 0) is 23.9 Å². The number of ether oxygens (including phenoxy) is 2. The number of carbonyl (C=O) groups is 4. The average Bonchev–Trinajstić information content (AvgIpc) is 3.56. The fraction of sp³-hybridized carbons (Fsp3) is 0.351. The van der Waals surface area contributed by atoms with E-state index in [0.29, 0.717) is 5.56 Å². The van der Waals surface area contributed by atoms with Crippen LogP contribution in [0.2, 0.25) is 0 Å². The van der Waals surface area contributed by atoms with Crippen molar-refractivity contribution in [2.45, 2.75) is 68.9 Å². The maximum absolute atomic E-state index is 14.5. The molecule has 0 N–H and O–H groups in total. The summed E-state index contributed by atoms with van der Waals surface area (Å²) in [5, 5.41) is -0.515. The number of nitrogens with zero attached hydrogens (tertiary/aromatic N) is 1. The van der Waals surface area contributed by atoms with Gasteiger partial charge in [0, 0.05) is 15.9 Å². The van der Waals surface area contributed by atoms with E-state index in [1.807, 2.05) is 80.6 Å². The Labute approximate surface area is 268 Å². The number of amides is 1. The predicted molar refractivity (Wildman–Crippen MR) is 172 cm³/mol. The van der Waals surface area contributed by atoms with Crippen molar-refractivity contribution in [2.24, 2.45) is 11.3 Å². The Morgan fingerprint density at radius 1 is 0.867 bits per heavy atom. The molecule has 4 atom stereocenters. The standard InChI is InChI=1S/C37H37NO6S/c1-35(2,3)44-31(40)26-21-22-37(27(26)28(39)23-15-9-6-10-16-23)33(42)38-30(36(4,5)45-34(37)38)32(41)43-29(24-17-11-7-12-18-24)25-19-13-8-14-20-25/h6-21,27,29-30,34H,22H2,1-5H3/t27?,30-,34+,37?/m0/s1. The zero-order valence-corrected chi connectivity index (χ0v) is 26.9. The molecule has 3 aromatic rings. The molecule has 6 rings (SSSR count). The van der Waals surface area contributed by atoms with Gasteiger partial charge in [-0.25, -0.2) is 9.59 Å². The molecule has 7 nitrogen and oxygen atoms in total. The van der Waals surface area contributed by atoms with E-state index in [4.69, 9.17) is 9.47 Å². The van der Waals surface area contributed by atoms with E-state index in [2.05, 4.69) is 0 Å². The van der Waals surface area contributed by atoms with Gasteiger partial charge in [0.15, 0.2) is 11.9 Å². The van der Waals surface area contributed by atoms with E-state index in [1.165, 1.54) is 11.8 Å². The molecule has 3 aliphatic rings. The Morgan fingerprint density at radius 3 is 1.93 bits per heavy atom. The molecule has 1 spiro atoms. The van der Waals surface area contributed by atoms with E-state index in [9.17, 15) is 19.2 Å². The van der Waals surface area contributed by atoms with Crippen LogP contribution in [0.3, 0.4) is 0 Å². The lowest BCUT2D eigenvalue weighted by Gasteiger charge is -2.54. The number of rotatable bonds is 7. The summed E-state index contributed by atoms with van der Waals surface area (Å²) < 4.78 is 11.2. The van der Waals surface area contributed by atoms with Gasteiger partial charge in [0.05, 0.1) is 16.7 Å². The minimum absolute atomic E-state index is 0.199. The molecule has 1 aliphatic carbocycles. The van der Waals surface area contributed by atoms with Crippen molar-refractivity contribution in [3.8, 4) is 0 Å². The van der Waals surface area contributed by atoms with Gasteiger partial charge in [0.1, 0.15) is 11.6 Å². The number of Topliss-reactive ketones (excluding diaryl/α,β-unsaturated/α-hetero) is 1. The number of thioether (sulfide) groups is 1. The molecular formula is C37H37NO6S. The van der Waals surface area contributed by atoms with Crippen molar-refractivity contribution in [2.75, 3.05) is 0 Å². The lowest BCUT2D eigenvalue weighted by molar-refractivity contribution is -0.179. The van der Waals surface area contributed by atoms with Gasteiger partial charge in [0.2, 0.25) is 5.91 Å². The first kappa shape index (κ1) is 30.8. The summed E-state index contributed by atoms with van der Waals surface area (Å²) in [6.45, 7) is 9.15. The Morgan fingerprint density at radius 2 is 1.40 bits per heavy atom. The fourth-order valence-electron chi connectivity index (χ4n) is 6.83. The van der Waals surface area contributed by atoms with Crippen LogP contribution < -0.4 is 0 Å². The largest absolute Gasteiger partial charge is 0.457 e. The second-order valence-electron chi connectivity index (χ2n) is 13.4. The van der Waals surface area contributed by atoms with Gasteiger partial charge < -0.3 is 14.4 Å². The molecule has 2 unspecified atom stereocenters. The number of β-lactam (4-membered cyclic amide) rings is 1. The third-order valence-corrected chi connectivity index (χ3v) is 10.5. The van der Waals surface area contributed by atoms with Gasteiger partial charge in [-0.2, -0.15) is 0 Å². The van der Waals surface area contributed by atoms with Gasteiger partial charge >= 0.3 is 11.9 Å². The molecule has 0 aromatic heterocycles. The van der Waals surface area contributed by atoms with Crippen molar-refractivity contribution >= 4 is 35.4 Å². The number of esters is 2. The molecular weight excluding hydrogens is 586 g/mol. The van der Waals surface area contributed by atoms with E-state index in [0.717, 1.165) is 11.1 Å². The Bertz CT molecular complexity index is 1620. The number of carbonyl (C=O) groups excluding carboxylic acids is 4. The van der Waals surface area contributed by atoms with E-state index >= 15 is 0 Å². The topological polar surface area (TPSA) is 90.0 Å². The van der Waals surface area contributed by atoms with Crippen LogP contribution in [0.1, 0.15) is 68.6 Å². The number of fused-ring (bicyclic) bond motifs is 2. The van der Waals surface area contributed by atoms with Gasteiger partial charge in [-0.1, -0.05) is 97.1 Å². The Hall–Kier alpha value is -4.17. The highest BCUT2D eigenvalue weighted by atomic mass is 32.2. The quantitative estimate of drug-likeness (QED) is 0.168. The highest BCUT2D eigenvalue weighted by Gasteiger charge is 2.76. The first-order valence-electron chi connectivity index (χ1n) is 15.2. The molecule has 0 bridgehead atoms. The SMILES string of the molecule is CC(C)(C)OC(=O)C1=CCC2(C(=O)N3[C@@H](C(=O)OC(c4ccccc4)c4ccccc4)C(C)(C)S[C@@H]32)C1C(=O)c1ccccc1. The highest BCUT2D eigenvalue weighted by Crippen LogP contribution is 2.66. The normalized spacial score (nSPS) is 25.0. The van der Waals surface area contributed by atoms with E-state index < -0.39 is 51.1 Å². The number of benzene rings is 3. The summed E-state index contributed by atoms with van der Waals surface area (Å²) in [6.07, 6.45) is 1.23. The minimum Gasteiger partial charge on any atom is -0.457 e. The molecule has 2 fully saturated rings. The summed E-state index contributed by atoms with van der Waals surface area (Å²) in [7, 11) is 0. The number of hydrogen-bond acceptors (Lipinski definition) is 7.